The number of fused-ring (bicyclic) bond motifs is 1. The highest BCUT2D eigenvalue weighted by Gasteiger charge is 2.26. The number of phenolic OH excluding ortho intramolecular Hbond substituents is 1. The summed E-state index contributed by atoms with van der Waals surface area (Å²) in [6.07, 6.45) is 5.96. The van der Waals surface area contributed by atoms with E-state index in [0.29, 0.717) is 11.8 Å². The van der Waals surface area contributed by atoms with E-state index in [2.05, 4.69) is 24.8 Å². The summed E-state index contributed by atoms with van der Waals surface area (Å²) in [6.45, 7) is 6.76. The number of hydrogen-bond acceptors (Lipinski definition) is 2. The summed E-state index contributed by atoms with van der Waals surface area (Å²) in [4.78, 5) is 2.57. The zero-order chi connectivity index (χ0) is 13.0. The molecule has 2 heteroatoms. The van der Waals surface area contributed by atoms with E-state index < -0.39 is 0 Å². The van der Waals surface area contributed by atoms with Gasteiger partial charge < -0.3 is 5.11 Å². The molecule has 0 heterocycles. The van der Waals surface area contributed by atoms with Gasteiger partial charge in [-0.15, -0.1) is 0 Å². The van der Waals surface area contributed by atoms with Crippen molar-refractivity contribution in [2.75, 3.05) is 13.1 Å². The van der Waals surface area contributed by atoms with Gasteiger partial charge in [-0.05, 0) is 56.0 Å². The number of nitrogens with zero attached hydrogens (tertiary/aromatic N) is 1. The SMILES string of the molecule is CCCCN(CC)C1CCCc2c(O)cccc21. The van der Waals surface area contributed by atoms with Crippen LogP contribution in [0.25, 0.3) is 0 Å². The first-order valence-electron chi connectivity index (χ1n) is 7.32. The molecule has 1 aliphatic rings. The lowest BCUT2D eigenvalue weighted by molar-refractivity contribution is 0.184. The van der Waals surface area contributed by atoms with Crippen molar-refractivity contribution in [1.29, 1.82) is 0 Å². The second kappa shape index (κ2) is 6.24. The molecule has 0 saturated carbocycles. The number of phenols is 1. The first-order chi connectivity index (χ1) is 8.77. The van der Waals surface area contributed by atoms with Gasteiger partial charge in [-0.25, -0.2) is 0 Å². The number of unbranched alkanes of at least 4 members (excludes halogenated alkanes) is 1. The number of rotatable bonds is 5. The number of benzene rings is 1. The van der Waals surface area contributed by atoms with Gasteiger partial charge in [0.1, 0.15) is 5.75 Å². The van der Waals surface area contributed by atoms with Gasteiger partial charge in [0.15, 0.2) is 0 Å². The fourth-order valence-corrected chi connectivity index (χ4v) is 3.08. The molecular weight excluding hydrogens is 222 g/mol. The predicted octanol–water partition coefficient (Wildman–Crippen LogP) is 3.89. The van der Waals surface area contributed by atoms with Gasteiger partial charge >= 0.3 is 0 Å². The normalized spacial score (nSPS) is 18.9. The van der Waals surface area contributed by atoms with Crippen LogP contribution in [0.5, 0.6) is 5.75 Å². The predicted molar refractivity (Wildman–Crippen MR) is 75.9 cm³/mol. The Hall–Kier alpha value is -1.02. The Morgan fingerprint density at radius 3 is 2.89 bits per heavy atom. The molecule has 100 valence electrons. The summed E-state index contributed by atoms with van der Waals surface area (Å²) in [5.41, 5.74) is 2.54. The van der Waals surface area contributed by atoms with Crippen molar-refractivity contribution in [3.63, 3.8) is 0 Å². The Morgan fingerprint density at radius 2 is 2.17 bits per heavy atom. The van der Waals surface area contributed by atoms with Crippen LogP contribution in [0.2, 0.25) is 0 Å². The standard InChI is InChI=1S/C16H25NO/c1-3-5-12-17(4-2)15-10-6-9-14-13(15)8-7-11-16(14)18/h7-8,11,15,18H,3-6,9-10,12H2,1-2H3. The highest BCUT2D eigenvalue weighted by molar-refractivity contribution is 5.42. The minimum atomic E-state index is 0.490. The summed E-state index contributed by atoms with van der Waals surface area (Å²) in [5.74, 6) is 0.490. The summed E-state index contributed by atoms with van der Waals surface area (Å²) in [6, 6.07) is 6.52. The van der Waals surface area contributed by atoms with E-state index in [1.807, 2.05) is 12.1 Å². The van der Waals surface area contributed by atoms with Crippen molar-refractivity contribution < 1.29 is 5.11 Å². The van der Waals surface area contributed by atoms with Crippen molar-refractivity contribution in [3.8, 4) is 5.75 Å². The van der Waals surface area contributed by atoms with Crippen LogP contribution in [0.1, 0.15) is 56.7 Å². The molecule has 1 unspecified atom stereocenters. The van der Waals surface area contributed by atoms with Gasteiger partial charge in [0.05, 0.1) is 0 Å². The largest absolute Gasteiger partial charge is 0.508 e. The Labute approximate surface area is 111 Å². The molecule has 0 amide bonds. The Bertz CT molecular complexity index is 389. The number of aromatic hydroxyl groups is 1. The summed E-state index contributed by atoms with van der Waals surface area (Å²) in [7, 11) is 0. The first-order valence-corrected chi connectivity index (χ1v) is 7.32. The van der Waals surface area contributed by atoms with Crippen molar-refractivity contribution >= 4 is 0 Å². The molecule has 0 aromatic heterocycles. The third-order valence-corrected chi connectivity index (χ3v) is 4.10. The fourth-order valence-electron chi connectivity index (χ4n) is 3.08. The smallest absolute Gasteiger partial charge is 0.119 e. The molecule has 2 nitrogen and oxygen atoms in total. The maximum Gasteiger partial charge on any atom is 0.119 e. The third-order valence-electron chi connectivity index (χ3n) is 4.10. The average Bonchev–Trinajstić information content (AvgIpc) is 2.40. The van der Waals surface area contributed by atoms with Crippen LogP contribution in [0, 0.1) is 0 Å². The van der Waals surface area contributed by atoms with Gasteiger partial charge in [-0.1, -0.05) is 32.4 Å². The molecule has 0 bridgehead atoms. The molecule has 18 heavy (non-hydrogen) atoms. The molecule has 0 aliphatic heterocycles. The maximum absolute atomic E-state index is 9.99. The van der Waals surface area contributed by atoms with Crippen LogP contribution in [0.3, 0.4) is 0 Å². The second-order valence-electron chi connectivity index (χ2n) is 5.24. The van der Waals surface area contributed by atoms with Crippen LogP contribution in [-0.4, -0.2) is 23.1 Å². The quantitative estimate of drug-likeness (QED) is 0.853. The number of hydrogen-bond donors (Lipinski definition) is 1. The summed E-state index contributed by atoms with van der Waals surface area (Å²) < 4.78 is 0. The van der Waals surface area contributed by atoms with Crippen LogP contribution in [-0.2, 0) is 6.42 Å². The topological polar surface area (TPSA) is 23.5 Å². The molecule has 1 atom stereocenters. The first kappa shape index (κ1) is 13.4. The van der Waals surface area contributed by atoms with Gasteiger partial charge in [-0.3, -0.25) is 4.90 Å². The summed E-state index contributed by atoms with van der Waals surface area (Å²) in [5, 5.41) is 9.99. The molecule has 1 N–H and O–H groups in total. The van der Waals surface area contributed by atoms with Crippen molar-refractivity contribution in [1.82, 2.24) is 4.90 Å². The molecule has 0 fully saturated rings. The zero-order valence-electron chi connectivity index (χ0n) is 11.7. The van der Waals surface area contributed by atoms with Gasteiger partial charge in [0.2, 0.25) is 0 Å². The lowest BCUT2D eigenvalue weighted by atomic mass is 9.86. The van der Waals surface area contributed by atoms with Gasteiger partial charge in [0, 0.05) is 6.04 Å². The summed E-state index contributed by atoms with van der Waals surface area (Å²) >= 11 is 0. The highest BCUT2D eigenvalue weighted by Crippen LogP contribution is 2.38. The van der Waals surface area contributed by atoms with Crippen LogP contribution < -0.4 is 0 Å². The Kier molecular flexibility index (Phi) is 4.65. The molecule has 0 radical (unpaired) electrons. The third kappa shape index (κ3) is 2.69. The Morgan fingerprint density at radius 1 is 1.33 bits per heavy atom. The highest BCUT2D eigenvalue weighted by atomic mass is 16.3. The average molecular weight is 247 g/mol. The van der Waals surface area contributed by atoms with Crippen molar-refractivity contribution in [2.24, 2.45) is 0 Å². The second-order valence-corrected chi connectivity index (χ2v) is 5.24. The molecule has 1 aliphatic carbocycles. The molecule has 0 spiro atoms. The van der Waals surface area contributed by atoms with Crippen molar-refractivity contribution in [2.45, 2.75) is 52.0 Å². The maximum atomic E-state index is 9.99. The lowest BCUT2D eigenvalue weighted by Crippen LogP contribution is -2.32. The van der Waals surface area contributed by atoms with Gasteiger partial charge in [-0.2, -0.15) is 0 Å². The van der Waals surface area contributed by atoms with E-state index in [-0.39, 0.29) is 0 Å². The van der Waals surface area contributed by atoms with E-state index in [1.165, 1.54) is 43.4 Å². The monoisotopic (exact) mass is 247 g/mol. The molecule has 1 aromatic carbocycles. The Balaban J connectivity index is 2.23. The van der Waals surface area contributed by atoms with E-state index in [1.54, 1.807) is 0 Å². The molecule has 0 saturated heterocycles. The van der Waals surface area contributed by atoms with E-state index in [0.717, 1.165) is 13.0 Å². The van der Waals surface area contributed by atoms with E-state index in [9.17, 15) is 5.11 Å². The van der Waals surface area contributed by atoms with Crippen LogP contribution in [0.15, 0.2) is 18.2 Å². The molecular formula is C16H25NO. The minimum absolute atomic E-state index is 0.490. The van der Waals surface area contributed by atoms with Crippen molar-refractivity contribution in [3.05, 3.63) is 29.3 Å². The van der Waals surface area contributed by atoms with Crippen LogP contribution >= 0.6 is 0 Å². The van der Waals surface area contributed by atoms with Crippen LogP contribution in [0.4, 0.5) is 0 Å². The zero-order valence-corrected chi connectivity index (χ0v) is 11.7. The fraction of sp³-hybridized carbons (Fsp3) is 0.625. The van der Waals surface area contributed by atoms with Gasteiger partial charge in [0.25, 0.3) is 0 Å². The minimum Gasteiger partial charge on any atom is -0.508 e. The van der Waals surface area contributed by atoms with E-state index in [4.69, 9.17) is 0 Å². The molecule has 1 aromatic rings. The lowest BCUT2D eigenvalue weighted by Gasteiger charge is -2.35. The van der Waals surface area contributed by atoms with E-state index >= 15 is 0 Å². The molecule has 2 rings (SSSR count).